The first kappa shape index (κ1) is 22.0. The van der Waals surface area contributed by atoms with Crippen molar-refractivity contribution in [1.29, 1.82) is 0 Å². The summed E-state index contributed by atoms with van der Waals surface area (Å²) in [5.74, 6) is -1.46. The molecule has 1 aromatic heterocycles. The molecule has 0 unspecified atom stereocenters. The molecule has 1 aliphatic rings. The Balaban J connectivity index is 1.69. The van der Waals surface area contributed by atoms with Crippen LogP contribution in [-0.4, -0.2) is 44.5 Å². The predicted molar refractivity (Wildman–Crippen MR) is 120 cm³/mol. The summed E-state index contributed by atoms with van der Waals surface area (Å²) >= 11 is 0. The zero-order chi connectivity index (χ0) is 23.9. The number of hydrogen-bond donors (Lipinski definition) is 3. The first-order chi connectivity index (χ1) is 15.5. The number of nitrogens with zero attached hydrogens (tertiary/aromatic N) is 3. The van der Waals surface area contributed by atoms with Crippen LogP contribution in [0.2, 0.25) is 0 Å². The number of amides is 2. The molecule has 2 aromatic carbocycles. The lowest BCUT2D eigenvalue weighted by Crippen LogP contribution is -2.27. The Bertz CT molecular complexity index is 1290. The Morgan fingerprint density at radius 2 is 1.97 bits per heavy atom. The fraction of sp³-hybridized carbons (Fsp3) is 0.261. The average molecular weight is 449 g/mol. The summed E-state index contributed by atoms with van der Waals surface area (Å²) in [6.07, 6.45) is 1.28. The number of ether oxygens (including phenoxy) is 1. The first-order valence-electron chi connectivity index (χ1n) is 10.2. The summed E-state index contributed by atoms with van der Waals surface area (Å²) in [5, 5.41) is 22.2. The average Bonchev–Trinajstić information content (AvgIpc) is 3.23. The van der Waals surface area contributed by atoms with Gasteiger partial charge in [0.25, 0.3) is 11.8 Å². The van der Waals surface area contributed by atoms with E-state index in [0.29, 0.717) is 28.4 Å². The molecule has 0 atom stereocenters. The van der Waals surface area contributed by atoms with Gasteiger partial charge in [-0.3, -0.25) is 9.59 Å². The molecule has 3 N–H and O–H groups in total. The second-order valence-corrected chi connectivity index (χ2v) is 8.80. The van der Waals surface area contributed by atoms with Crippen LogP contribution in [-0.2, 0) is 10.2 Å². The number of fused-ring (bicyclic) bond motifs is 1. The van der Waals surface area contributed by atoms with E-state index in [9.17, 15) is 14.4 Å². The Morgan fingerprint density at radius 1 is 1.21 bits per heavy atom. The van der Waals surface area contributed by atoms with Gasteiger partial charge in [-0.05, 0) is 47.7 Å². The summed E-state index contributed by atoms with van der Waals surface area (Å²) in [7, 11) is 0. The number of anilines is 2. The lowest BCUT2D eigenvalue weighted by Gasteiger charge is -2.26. The Hall–Kier alpha value is -4.21. The molecule has 10 heteroatoms. The van der Waals surface area contributed by atoms with Crippen LogP contribution >= 0.6 is 0 Å². The number of carbonyl (C=O) groups excluding carboxylic acids is 2. The second-order valence-electron chi connectivity index (χ2n) is 8.80. The molecule has 2 heterocycles. The van der Waals surface area contributed by atoms with Crippen LogP contribution in [0.4, 0.5) is 11.4 Å². The topological polar surface area (TPSA) is 135 Å². The van der Waals surface area contributed by atoms with E-state index < -0.39 is 11.9 Å². The highest BCUT2D eigenvalue weighted by Crippen LogP contribution is 2.40. The van der Waals surface area contributed by atoms with Crippen molar-refractivity contribution in [3.8, 4) is 11.4 Å². The molecular weight excluding hydrogens is 426 g/mol. The Morgan fingerprint density at radius 3 is 2.64 bits per heavy atom. The van der Waals surface area contributed by atoms with Crippen LogP contribution in [0.15, 0.2) is 36.5 Å². The van der Waals surface area contributed by atoms with Crippen molar-refractivity contribution in [2.24, 2.45) is 0 Å². The van der Waals surface area contributed by atoms with Gasteiger partial charge in [0.1, 0.15) is 0 Å². The molecule has 4 rings (SSSR count). The number of hydrogen-bond acceptors (Lipinski definition) is 6. The molecule has 2 amide bonds. The van der Waals surface area contributed by atoms with Gasteiger partial charge in [-0.25, -0.2) is 9.48 Å². The van der Waals surface area contributed by atoms with Crippen molar-refractivity contribution in [3.05, 3.63) is 58.9 Å². The number of carboxylic acid groups (broad SMARTS) is 1. The van der Waals surface area contributed by atoms with Gasteiger partial charge in [0.15, 0.2) is 18.1 Å². The van der Waals surface area contributed by atoms with E-state index in [0.717, 1.165) is 11.1 Å². The third kappa shape index (κ3) is 4.40. The number of nitrogens with one attached hydrogen (secondary N) is 2. The summed E-state index contributed by atoms with van der Waals surface area (Å²) in [4.78, 5) is 36.1. The fourth-order valence-electron chi connectivity index (χ4n) is 3.40. The maximum atomic E-state index is 13.1. The molecule has 33 heavy (non-hydrogen) atoms. The zero-order valence-corrected chi connectivity index (χ0v) is 18.6. The highest BCUT2D eigenvalue weighted by molar-refractivity contribution is 6.07. The van der Waals surface area contributed by atoms with Gasteiger partial charge in [0.05, 0.1) is 23.3 Å². The minimum absolute atomic E-state index is 0.141. The van der Waals surface area contributed by atoms with E-state index in [1.165, 1.54) is 10.9 Å². The molecule has 0 spiro atoms. The number of aromatic nitrogens is 3. The number of carbonyl (C=O) groups is 3. The van der Waals surface area contributed by atoms with Gasteiger partial charge in [0, 0.05) is 5.56 Å². The van der Waals surface area contributed by atoms with Crippen molar-refractivity contribution in [2.75, 3.05) is 17.2 Å². The number of benzene rings is 2. The molecular formula is C23H23N5O5. The van der Waals surface area contributed by atoms with Crippen LogP contribution in [0.1, 0.15) is 52.7 Å². The van der Waals surface area contributed by atoms with E-state index in [4.69, 9.17) is 9.84 Å². The van der Waals surface area contributed by atoms with Crippen LogP contribution in [0, 0.1) is 6.92 Å². The summed E-state index contributed by atoms with van der Waals surface area (Å²) in [5.41, 5.74) is 3.06. The molecule has 0 fully saturated rings. The molecule has 0 bridgehead atoms. The van der Waals surface area contributed by atoms with Gasteiger partial charge in [-0.2, -0.15) is 0 Å². The molecule has 170 valence electrons. The van der Waals surface area contributed by atoms with Crippen molar-refractivity contribution >= 4 is 29.2 Å². The molecule has 0 aliphatic carbocycles. The summed E-state index contributed by atoms with van der Waals surface area (Å²) < 4.78 is 6.92. The normalized spacial score (nSPS) is 13.0. The van der Waals surface area contributed by atoms with Crippen LogP contribution in [0.25, 0.3) is 5.69 Å². The number of aromatic carboxylic acids is 1. The molecule has 0 radical (unpaired) electrons. The summed E-state index contributed by atoms with van der Waals surface area (Å²) in [6.45, 7) is 7.77. The maximum absolute atomic E-state index is 13.1. The highest BCUT2D eigenvalue weighted by Gasteiger charge is 2.25. The zero-order valence-electron chi connectivity index (χ0n) is 18.6. The van der Waals surface area contributed by atoms with Gasteiger partial charge >= 0.3 is 5.97 Å². The molecule has 3 aromatic rings. The van der Waals surface area contributed by atoms with Gasteiger partial charge in [-0.1, -0.05) is 32.1 Å². The lowest BCUT2D eigenvalue weighted by molar-refractivity contribution is -0.118. The molecule has 0 saturated heterocycles. The van der Waals surface area contributed by atoms with Crippen molar-refractivity contribution in [3.63, 3.8) is 0 Å². The first-order valence-corrected chi connectivity index (χ1v) is 10.2. The molecule has 10 nitrogen and oxygen atoms in total. The number of carboxylic acids is 1. The molecule has 0 saturated carbocycles. The van der Waals surface area contributed by atoms with E-state index >= 15 is 0 Å². The fourth-order valence-corrected chi connectivity index (χ4v) is 3.40. The number of aryl methyl sites for hydroxylation is 1. The standard InChI is InChI=1S/C23H23N5O5/c1-12-5-6-13(7-18(12)28-10-17(22(31)32)26-27-28)21(30)25-16-9-14(23(2,3)4)8-15-20(16)33-11-19(29)24-15/h5-10H,11H2,1-4H3,(H,24,29)(H,25,30)(H,31,32). The van der Waals surface area contributed by atoms with E-state index in [-0.39, 0.29) is 23.6 Å². The van der Waals surface area contributed by atoms with Crippen LogP contribution < -0.4 is 15.4 Å². The smallest absolute Gasteiger partial charge is 0.358 e. The van der Waals surface area contributed by atoms with Gasteiger partial charge < -0.3 is 20.5 Å². The lowest BCUT2D eigenvalue weighted by atomic mass is 9.86. The SMILES string of the molecule is Cc1ccc(C(=O)Nc2cc(C(C)(C)C)cc3c2OCC(=O)N3)cc1-n1cc(C(=O)O)nn1. The predicted octanol–water partition coefficient (Wildman–Crippen LogP) is 3.15. The van der Waals surface area contributed by atoms with Crippen molar-refractivity contribution in [2.45, 2.75) is 33.1 Å². The Kier molecular flexibility index (Phi) is 5.36. The van der Waals surface area contributed by atoms with E-state index in [2.05, 4.69) is 20.9 Å². The van der Waals surface area contributed by atoms with Crippen LogP contribution in [0.3, 0.4) is 0 Å². The van der Waals surface area contributed by atoms with Crippen molar-refractivity contribution in [1.82, 2.24) is 15.0 Å². The minimum Gasteiger partial charge on any atom is -0.479 e. The quantitative estimate of drug-likeness (QED) is 0.557. The summed E-state index contributed by atoms with van der Waals surface area (Å²) in [6, 6.07) is 8.68. The minimum atomic E-state index is -1.19. The number of rotatable bonds is 4. The van der Waals surface area contributed by atoms with E-state index in [1.807, 2.05) is 39.8 Å². The third-order valence-electron chi connectivity index (χ3n) is 5.26. The highest BCUT2D eigenvalue weighted by atomic mass is 16.5. The van der Waals surface area contributed by atoms with Gasteiger partial charge in [-0.15, -0.1) is 5.10 Å². The van der Waals surface area contributed by atoms with Gasteiger partial charge in [0.2, 0.25) is 0 Å². The monoisotopic (exact) mass is 449 g/mol. The third-order valence-corrected chi connectivity index (χ3v) is 5.26. The Labute approximate surface area is 189 Å². The van der Waals surface area contributed by atoms with Crippen LogP contribution in [0.5, 0.6) is 5.75 Å². The van der Waals surface area contributed by atoms with Crippen molar-refractivity contribution < 1.29 is 24.2 Å². The largest absolute Gasteiger partial charge is 0.479 e. The molecule has 1 aliphatic heterocycles. The second kappa shape index (κ2) is 8.05. The van der Waals surface area contributed by atoms with E-state index in [1.54, 1.807) is 18.2 Å². The maximum Gasteiger partial charge on any atom is 0.358 e.